The lowest BCUT2D eigenvalue weighted by Crippen LogP contribution is -2.46. The topological polar surface area (TPSA) is 46.3 Å². The number of allylic oxidation sites excluding steroid dienone is 1. The molecule has 0 aliphatic heterocycles. The van der Waals surface area contributed by atoms with E-state index in [0.29, 0.717) is 32.3 Å². The molecule has 1 aliphatic rings. The zero-order chi connectivity index (χ0) is 37.8. The number of para-hydroxylation sites is 2. The number of benzene rings is 5. The highest BCUT2D eigenvalue weighted by molar-refractivity contribution is 5.77. The summed E-state index contributed by atoms with van der Waals surface area (Å²) in [5.74, 6) is 2.36. The van der Waals surface area contributed by atoms with Crippen LogP contribution < -0.4 is 14.4 Å². The van der Waals surface area contributed by atoms with Gasteiger partial charge in [0, 0.05) is 17.1 Å². The molecule has 0 unspecified atom stereocenters. The number of hydrogen-bond donors (Lipinski definition) is 0. The third-order valence-corrected chi connectivity index (χ3v) is 10.0. The molecule has 0 heterocycles. The molecule has 5 aromatic rings. The van der Waals surface area contributed by atoms with Crippen molar-refractivity contribution in [3.8, 4) is 11.5 Å². The fourth-order valence-electron chi connectivity index (χ4n) is 7.35. The minimum atomic E-state index is -0.507. The number of anilines is 3. The van der Waals surface area contributed by atoms with Crippen molar-refractivity contribution >= 4 is 23.1 Å². The molecule has 0 amide bonds. The fraction of sp³-hybridized carbons (Fsp3) is 0.333. The molecule has 280 valence electrons. The zero-order valence-electron chi connectivity index (χ0n) is 32.7. The average molecular weight is 723 g/mol. The van der Waals surface area contributed by atoms with Crippen LogP contribution in [0.4, 0.5) is 17.1 Å². The van der Waals surface area contributed by atoms with Crippen molar-refractivity contribution in [2.24, 2.45) is 16.4 Å². The molecule has 0 saturated heterocycles. The Bertz CT molecular complexity index is 1890. The van der Waals surface area contributed by atoms with Crippen LogP contribution in [-0.4, -0.2) is 44.2 Å². The number of ether oxygens (including phenoxy) is 3. The lowest BCUT2D eigenvalue weighted by Gasteiger charge is -2.34. The molecule has 0 aromatic heterocycles. The maximum Gasteiger partial charge on any atom is 0.182 e. The Hall–Kier alpha value is -5.20. The summed E-state index contributed by atoms with van der Waals surface area (Å²) >= 11 is 0. The van der Waals surface area contributed by atoms with Gasteiger partial charge >= 0.3 is 0 Å². The predicted octanol–water partition coefficient (Wildman–Crippen LogP) is 12.0. The molecule has 1 aliphatic carbocycles. The predicted molar refractivity (Wildman–Crippen MR) is 221 cm³/mol. The SMILES string of the molecule is C/C(=C/c1ccc(N(c2ccccc2)c2ccccc2)cc1)N=[N+](C)CC(COc1cccc(C)c1)(COc1cccc(C)c1)CO[C@H]1CCC[C@@H](C)C1. The van der Waals surface area contributed by atoms with Crippen LogP contribution >= 0.6 is 0 Å². The maximum absolute atomic E-state index is 6.79. The highest BCUT2D eigenvalue weighted by atomic mass is 16.5. The van der Waals surface area contributed by atoms with E-state index in [9.17, 15) is 0 Å². The second-order valence-electron chi connectivity index (χ2n) is 15.2. The molecule has 6 heteroatoms. The van der Waals surface area contributed by atoms with E-state index < -0.39 is 5.41 Å². The summed E-state index contributed by atoms with van der Waals surface area (Å²) < 4.78 is 22.0. The third kappa shape index (κ3) is 11.2. The first-order valence-electron chi connectivity index (χ1n) is 19.4. The first-order valence-corrected chi connectivity index (χ1v) is 19.4. The smallest absolute Gasteiger partial charge is 0.182 e. The van der Waals surface area contributed by atoms with E-state index in [2.05, 4.69) is 136 Å². The van der Waals surface area contributed by atoms with Crippen LogP contribution in [0, 0.1) is 25.2 Å². The van der Waals surface area contributed by atoms with E-state index in [4.69, 9.17) is 19.3 Å². The molecule has 2 atom stereocenters. The Kier molecular flexibility index (Phi) is 13.3. The second-order valence-corrected chi connectivity index (χ2v) is 15.2. The Morgan fingerprint density at radius 3 is 1.81 bits per heavy atom. The van der Waals surface area contributed by atoms with Crippen molar-refractivity contribution in [1.82, 2.24) is 0 Å². The van der Waals surface area contributed by atoms with Crippen molar-refractivity contribution in [1.29, 1.82) is 0 Å². The minimum absolute atomic E-state index is 0.234. The maximum atomic E-state index is 6.79. The largest absolute Gasteiger partial charge is 0.493 e. The molecule has 0 spiro atoms. The van der Waals surface area contributed by atoms with Crippen molar-refractivity contribution in [2.45, 2.75) is 59.5 Å². The number of nitrogens with zero attached hydrogens (tertiary/aromatic N) is 3. The summed E-state index contributed by atoms with van der Waals surface area (Å²) in [7, 11) is 2.04. The van der Waals surface area contributed by atoms with Crippen molar-refractivity contribution in [3.63, 3.8) is 0 Å². The number of hydrogen-bond acceptors (Lipinski definition) is 5. The first-order chi connectivity index (χ1) is 26.2. The summed E-state index contributed by atoms with van der Waals surface area (Å²) in [6.45, 7) is 10.5. The fourth-order valence-corrected chi connectivity index (χ4v) is 7.35. The van der Waals surface area contributed by atoms with Crippen LogP contribution in [0.2, 0.25) is 0 Å². The van der Waals surface area contributed by atoms with Crippen molar-refractivity contribution in [3.05, 3.63) is 156 Å². The van der Waals surface area contributed by atoms with Gasteiger partial charge in [0.25, 0.3) is 0 Å². The molecule has 1 saturated carbocycles. The summed E-state index contributed by atoms with van der Waals surface area (Å²) in [5, 5.41) is 5.07. The van der Waals surface area contributed by atoms with Gasteiger partial charge in [-0.15, -0.1) is 4.70 Å². The first kappa shape index (κ1) is 38.5. The summed E-state index contributed by atoms with van der Waals surface area (Å²) in [5.41, 5.74) is 7.13. The molecule has 54 heavy (non-hydrogen) atoms. The third-order valence-electron chi connectivity index (χ3n) is 10.0. The molecule has 0 bridgehead atoms. The minimum Gasteiger partial charge on any atom is -0.493 e. The quantitative estimate of drug-likeness (QED) is 0.0751. The van der Waals surface area contributed by atoms with Gasteiger partial charge in [-0.3, -0.25) is 0 Å². The van der Waals surface area contributed by atoms with E-state index in [1.807, 2.05) is 48.1 Å². The average Bonchev–Trinajstić information content (AvgIpc) is 3.17. The molecular weight excluding hydrogens is 667 g/mol. The van der Waals surface area contributed by atoms with Gasteiger partial charge < -0.3 is 19.1 Å². The van der Waals surface area contributed by atoms with Crippen LogP contribution in [0.3, 0.4) is 0 Å². The lowest BCUT2D eigenvalue weighted by atomic mass is 9.87. The van der Waals surface area contributed by atoms with Gasteiger partial charge in [0.15, 0.2) is 13.6 Å². The lowest BCUT2D eigenvalue weighted by molar-refractivity contribution is -0.579. The highest BCUT2D eigenvalue weighted by Crippen LogP contribution is 2.35. The van der Waals surface area contributed by atoms with E-state index in [1.54, 1.807) is 0 Å². The summed E-state index contributed by atoms with van der Waals surface area (Å²) in [6, 6.07) is 46.1. The number of azo groups is 2. The summed E-state index contributed by atoms with van der Waals surface area (Å²) in [4.78, 5) is 2.27. The monoisotopic (exact) mass is 722 g/mol. The van der Waals surface area contributed by atoms with Gasteiger partial charge in [0.05, 0.1) is 12.7 Å². The van der Waals surface area contributed by atoms with Gasteiger partial charge in [-0.1, -0.05) is 92.6 Å². The number of aryl methyl sites for hydroxylation is 2. The van der Waals surface area contributed by atoms with E-state index in [-0.39, 0.29) is 6.10 Å². The van der Waals surface area contributed by atoms with Crippen LogP contribution in [0.15, 0.2) is 144 Å². The van der Waals surface area contributed by atoms with E-state index in [0.717, 1.165) is 63.8 Å². The van der Waals surface area contributed by atoms with Crippen molar-refractivity contribution < 1.29 is 18.9 Å². The normalized spacial score (nSPS) is 16.5. The van der Waals surface area contributed by atoms with Gasteiger partial charge in [0.1, 0.15) is 35.8 Å². The van der Waals surface area contributed by atoms with Gasteiger partial charge in [-0.05, 0) is 128 Å². The standard InChI is InChI=1S/C48H56N3O3/c1-37-15-12-22-45(29-37)52-34-48(35-53-46-23-13-16-38(2)30-46,36-54-47-24-14-17-39(3)31-47)33-50(5)49-40(4)32-41-25-27-44(28-26-41)51(42-18-8-6-9-19-42)43-20-10-7-11-21-43/h6-13,15-16,18-23,25-30,32,39,47H,14,17,24,31,33-36H2,1-5H3/q+1/t39-,47+/m1/s1. The molecule has 0 N–H and O–H groups in total. The Labute approximate surface area is 322 Å². The number of rotatable bonds is 16. The van der Waals surface area contributed by atoms with Crippen LogP contribution in [0.1, 0.15) is 56.2 Å². The van der Waals surface area contributed by atoms with E-state index in [1.165, 1.54) is 12.8 Å². The zero-order valence-corrected chi connectivity index (χ0v) is 32.7. The van der Waals surface area contributed by atoms with Crippen molar-refractivity contribution in [2.75, 3.05) is 38.3 Å². The molecule has 1 fully saturated rings. The molecule has 0 radical (unpaired) electrons. The summed E-state index contributed by atoms with van der Waals surface area (Å²) in [6.07, 6.45) is 7.01. The van der Waals surface area contributed by atoms with Crippen LogP contribution in [-0.2, 0) is 4.74 Å². The Morgan fingerprint density at radius 1 is 0.722 bits per heavy atom. The Morgan fingerprint density at radius 2 is 1.28 bits per heavy atom. The van der Waals surface area contributed by atoms with Gasteiger partial charge in [-0.25, -0.2) is 0 Å². The van der Waals surface area contributed by atoms with Gasteiger partial charge in [0.2, 0.25) is 0 Å². The van der Waals surface area contributed by atoms with Crippen LogP contribution in [0.5, 0.6) is 11.5 Å². The molecule has 6 rings (SSSR count). The molecule has 5 aromatic carbocycles. The van der Waals surface area contributed by atoms with Crippen LogP contribution in [0.25, 0.3) is 6.08 Å². The molecule has 6 nitrogen and oxygen atoms in total. The van der Waals surface area contributed by atoms with Gasteiger partial charge in [-0.2, -0.15) is 0 Å². The highest BCUT2D eigenvalue weighted by Gasteiger charge is 2.40. The Balaban J connectivity index is 1.25. The van der Waals surface area contributed by atoms with E-state index >= 15 is 0 Å². The second kappa shape index (κ2) is 18.7. The molecular formula is C48H56N3O3+.